The molecule has 1 N–H and O–H groups in total. The second-order valence-electron chi connectivity index (χ2n) is 7.01. The highest BCUT2D eigenvalue weighted by molar-refractivity contribution is 7.73. The van der Waals surface area contributed by atoms with Crippen molar-refractivity contribution in [3.63, 3.8) is 0 Å². The summed E-state index contributed by atoms with van der Waals surface area (Å²) in [7, 11) is 4.58. The number of amides is 1. The first-order valence-corrected chi connectivity index (χ1v) is 11.7. The Hall–Kier alpha value is -3.37. The lowest BCUT2D eigenvalue weighted by molar-refractivity contribution is -0.116. The van der Waals surface area contributed by atoms with E-state index in [-0.39, 0.29) is 24.4 Å². The number of nitrogens with zero attached hydrogens (tertiary/aromatic N) is 1. The quantitative estimate of drug-likeness (QED) is 0.400. The minimum atomic E-state index is -0.296. The van der Waals surface area contributed by atoms with Crippen molar-refractivity contribution in [1.82, 2.24) is 4.57 Å². The number of hydrogen-bond donors (Lipinski definition) is 1. The van der Waals surface area contributed by atoms with Gasteiger partial charge in [-0.2, -0.15) is 0 Å². The number of benzene rings is 2. The third kappa shape index (κ3) is 5.75. The van der Waals surface area contributed by atoms with Crippen LogP contribution < -0.4 is 29.8 Å². The van der Waals surface area contributed by atoms with Crippen molar-refractivity contribution in [2.75, 3.05) is 33.3 Å². The number of para-hydroxylation sites is 2. The summed E-state index contributed by atoms with van der Waals surface area (Å²) >= 11 is 6.74. The van der Waals surface area contributed by atoms with Crippen molar-refractivity contribution >= 4 is 35.1 Å². The topological polar surface area (TPSA) is 88.0 Å². The van der Waals surface area contributed by atoms with Gasteiger partial charge in [0, 0.05) is 23.9 Å². The van der Waals surface area contributed by atoms with Crippen molar-refractivity contribution in [2.45, 2.75) is 19.9 Å². The van der Waals surface area contributed by atoms with Crippen LogP contribution in [-0.4, -0.2) is 38.4 Å². The number of rotatable bonds is 10. The van der Waals surface area contributed by atoms with Crippen LogP contribution in [0.1, 0.15) is 13.3 Å². The maximum Gasteiger partial charge on any atom is 0.253 e. The predicted octanol–water partition coefficient (Wildman–Crippen LogP) is 4.76. The molecule has 0 spiro atoms. The van der Waals surface area contributed by atoms with Gasteiger partial charge in [0.25, 0.3) is 5.56 Å². The van der Waals surface area contributed by atoms with Gasteiger partial charge in [0.2, 0.25) is 11.7 Å². The number of anilines is 1. The van der Waals surface area contributed by atoms with E-state index in [4.69, 9.17) is 31.2 Å². The lowest BCUT2D eigenvalue weighted by atomic mass is 10.1. The van der Waals surface area contributed by atoms with Crippen LogP contribution in [0.25, 0.3) is 10.4 Å². The molecule has 10 heteroatoms. The summed E-state index contributed by atoms with van der Waals surface area (Å²) in [5, 5.41) is 2.83. The Morgan fingerprint density at radius 2 is 1.71 bits per heavy atom. The molecule has 2 aromatic carbocycles. The zero-order valence-corrected chi connectivity index (χ0v) is 21.0. The van der Waals surface area contributed by atoms with Crippen molar-refractivity contribution in [3.8, 4) is 33.4 Å². The first kappa shape index (κ1) is 25.3. The molecule has 3 rings (SSSR count). The highest BCUT2D eigenvalue weighted by Gasteiger charge is 2.16. The molecule has 1 aromatic heterocycles. The maximum atomic E-state index is 12.8. The Morgan fingerprint density at radius 1 is 1.03 bits per heavy atom. The maximum absolute atomic E-state index is 12.8. The van der Waals surface area contributed by atoms with Gasteiger partial charge in [0.05, 0.1) is 33.6 Å². The highest BCUT2D eigenvalue weighted by atomic mass is 32.1. The first-order valence-electron chi connectivity index (χ1n) is 10.5. The molecule has 8 nitrogen and oxygen atoms in total. The van der Waals surface area contributed by atoms with Gasteiger partial charge in [-0.1, -0.05) is 12.1 Å². The van der Waals surface area contributed by atoms with Gasteiger partial charge in [-0.3, -0.25) is 14.2 Å². The summed E-state index contributed by atoms with van der Waals surface area (Å²) in [5.41, 5.74) is 0.996. The van der Waals surface area contributed by atoms with Crippen LogP contribution in [0.4, 0.5) is 5.69 Å². The number of methoxy groups -OCH3 is 3. The van der Waals surface area contributed by atoms with Crippen LogP contribution in [0.3, 0.4) is 0 Å². The SMILES string of the molecule is CCOc1ccccc1NC(=O)CCn1c(=O)cc(-c2cc(OC)c(OC)c(OC)c2)sc1=S. The van der Waals surface area contributed by atoms with Gasteiger partial charge in [0.1, 0.15) is 5.75 Å². The molecule has 3 aromatic rings. The van der Waals surface area contributed by atoms with E-state index >= 15 is 0 Å². The van der Waals surface area contributed by atoms with E-state index in [1.165, 1.54) is 43.3 Å². The van der Waals surface area contributed by atoms with Gasteiger partial charge in [-0.25, -0.2) is 0 Å². The second kappa shape index (κ2) is 11.7. The van der Waals surface area contributed by atoms with Crippen molar-refractivity contribution < 1.29 is 23.7 Å². The molecule has 0 saturated heterocycles. The van der Waals surface area contributed by atoms with E-state index in [1.807, 2.05) is 19.1 Å². The van der Waals surface area contributed by atoms with Crippen LogP contribution in [0, 0.1) is 3.95 Å². The molecule has 0 bridgehead atoms. The molecule has 0 saturated carbocycles. The molecule has 0 atom stereocenters. The van der Waals surface area contributed by atoms with Crippen molar-refractivity contribution in [3.05, 3.63) is 56.8 Å². The summed E-state index contributed by atoms with van der Waals surface area (Å²) < 4.78 is 23.5. The second-order valence-corrected chi connectivity index (χ2v) is 8.68. The summed E-state index contributed by atoms with van der Waals surface area (Å²) in [6.07, 6.45) is 0.0836. The van der Waals surface area contributed by atoms with E-state index in [2.05, 4.69) is 5.32 Å². The van der Waals surface area contributed by atoms with Crippen molar-refractivity contribution in [2.24, 2.45) is 0 Å². The number of ether oxygens (including phenoxy) is 4. The number of hydrogen-bond acceptors (Lipinski definition) is 8. The third-order valence-electron chi connectivity index (χ3n) is 4.91. The van der Waals surface area contributed by atoms with Gasteiger partial charge < -0.3 is 24.3 Å². The monoisotopic (exact) mass is 502 g/mol. The van der Waals surface area contributed by atoms with Crippen LogP contribution in [0.5, 0.6) is 23.0 Å². The molecule has 0 aliphatic heterocycles. The lowest BCUT2D eigenvalue weighted by Gasteiger charge is -2.14. The van der Waals surface area contributed by atoms with Crippen LogP contribution in [0.15, 0.2) is 47.3 Å². The van der Waals surface area contributed by atoms with Crippen LogP contribution in [-0.2, 0) is 11.3 Å². The summed E-state index contributed by atoms with van der Waals surface area (Å²) in [6, 6.07) is 12.2. The summed E-state index contributed by atoms with van der Waals surface area (Å²) in [4.78, 5) is 26.0. The van der Waals surface area contributed by atoms with E-state index in [0.29, 0.717) is 49.7 Å². The van der Waals surface area contributed by atoms with Gasteiger partial charge in [-0.15, -0.1) is 11.3 Å². The Kier molecular flexibility index (Phi) is 8.67. The largest absolute Gasteiger partial charge is 0.493 e. The highest BCUT2D eigenvalue weighted by Crippen LogP contribution is 2.41. The summed E-state index contributed by atoms with van der Waals surface area (Å²) in [6.45, 7) is 2.52. The molecule has 0 unspecified atom stereocenters. The zero-order chi connectivity index (χ0) is 24.7. The molecule has 180 valence electrons. The molecule has 0 fully saturated rings. The molecule has 0 aliphatic rings. The Labute approximate surface area is 206 Å². The fourth-order valence-corrected chi connectivity index (χ4v) is 4.63. The standard InChI is InChI=1S/C24H26N2O6S2/c1-5-32-17-9-7-6-8-16(17)25-21(27)10-11-26-22(28)14-20(34-24(26)33)15-12-18(29-2)23(31-4)19(13-15)30-3/h6-9,12-14H,5,10-11H2,1-4H3,(H,25,27). The Bertz CT molecular complexity index is 1230. The molecule has 1 amide bonds. The third-order valence-corrected chi connectivity index (χ3v) is 6.35. The average Bonchev–Trinajstić information content (AvgIpc) is 2.83. The molecule has 0 radical (unpaired) electrons. The van der Waals surface area contributed by atoms with E-state index in [9.17, 15) is 9.59 Å². The van der Waals surface area contributed by atoms with E-state index < -0.39 is 0 Å². The number of aromatic nitrogens is 1. The number of carbonyl (C=O) groups is 1. The first-order chi connectivity index (χ1) is 16.4. The van der Waals surface area contributed by atoms with Gasteiger partial charge in [-0.05, 0) is 49.0 Å². The molecule has 34 heavy (non-hydrogen) atoms. The lowest BCUT2D eigenvalue weighted by Crippen LogP contribution is -2.23. The molecule has 1 heterocycles. The molecule has 0 aliphatic carbocycles. The Morgan fingerprint density at radius 3 is 2.29 bits per heavy atom. The van der Waals surface area contributed by atoms with Gasteiger partial charge in [0.15, 0.2) is 15.5 Å². The molecular formula is C24H26N2O6S2. The fraction of sp³-hybridized carbons (Fsp3) is 0.292. The van der Waals surface area contributed by atoms with Gasteiger partial charge >= 0.3 is 0 Å². The number of nitrogens with one attached hydrogen (secondary N) is 1. The fourth-order valence-electron chi connectivity index (χ4n) is 3.30. The zero-order valence-electron chi connectivity index (χ0n) is 19.4. The minimum absolute atomic E-state index is 0.0836. The molecular weight excluding hydrogens is 476 g/mol. The van der Waals surface area contributed by atoms with Crippen LogP contribution in [0.2, 0.25) is 0 Å². The average molecular weight is 503 g/mol. The van der Waals surface area contributed by atoms with E-state index in [0.717, 1.165) is 0 Å². The van der Waals surface area contributed by atoms with E-state index in [1.54, 1.807) is 24.3 Å². The normalized spacial score (nSPS) is 10.5. The summed E-state index contributed by atoms with van der Waals surface area (Å²) in [5.74, 6) is 1.76. The smallest absolute Gasteiger partial charge is 0.253 e. The predicted molar refractivity (Wildman–Crippen MR) is 135 cm³/mol. The minimum Gasteiger partial charge on any atom is -0.493 e. The van der Waals surface area contributed by atoms with Crippen LogP contribution >= 0.6 is 23.6 Å². The van der Waals surface area contributed by atoms with Crippen molar-refractivity contribution in [1.29, 1.82) is 0 Å². The Balaban J connectivity index is 1.80. The number of carbonyl (C=O) groups excluding carboxylic acids is 1.